The number of rotatable bonds is 5. The third-order valence-corrected chi connectivity index (χ3v) is 5.11. The smallest absolute Gasteiger partial charge is 0.224 e. The molecule has 5 heteroatoms. The highest BCUT2D eigenvalue weighted by molar-refractivity contribution is 5.95. The van der Waals surface area contributed by atoms with Gasteiger partial charge in [-0.15, -0.1) is 0 Å². The maximum atomic E-state index is 12.5. The van der Waals surface area contributed by atoms with Crippen molar-refractivity contribution in [3.8, 4) is 5.75 Å². The lowest BCUT2D eigenvalue weighted by Crippen LogP contribution is -2.36. The molecule has 2 aliphatic rings. The second kappa shape index (κ2) is 7.88. The molecular formula is C19H28N2O3. The molecule has 24 heavy (non-hydrogen) atoms. The second-order valence-corrected chi connectivity index (χ2v) is 6.81. The van der Waals surface area contributed by atoms with Gasteiger partial charge in [-0.3, -0.25) is 4.79 Å². The van der Waals surface area contributed by atoms with Crippen LogP contribution >= 0.6 is 0 Å². The predicted molar refractivity (Wildman–Crippen MR) is 96.0 cm³/mol. The highest BCUT2D eigenvalue weighted by atomic mass is 16.5. The van der Waals surface area contributed by atoms with Gasteiger partial charge in [0.15, 0.2) is 5.75 Å². The van der Waals surface area contributed by atoms with Crippen molar-refractivity contribution in [3.63, 3.8) is 0 Å². The Morgan fingerprint density at radius 3 is 2.67 bits per heavy atom. The molecule has 0 radical (unpaired) electrons. The quantitative estimate of drug-likeness (QED) is 0.898. The van der Waals surface area contributed by atoms with Gasteiger partial charge in [0.2, 0.25) is 5.91 Å². The zero-order valence-corrected chi connectivity index (χ0v) is 14.8. The van der Waals surface area contributed by atoms with E-state index in [4.69, 9.17) is 9.47 Å². The van der Waals surface area contributed by atoms with E-state index < -0.39 is 0 Å². The lowest BCUT2D eigenvalue weighted by atomic mass is 10.0. The van der Waals surface area contributed by atoms with Crippen LogP contribution in [0.15, 0.2) is 12.1 Å². The van der Waals surface area contributed by atoms with E-state index in [2.05, 4.69) is 22.3 Å². The molecule has 132 valence electrons. The number of benzene rings is 1. The number of nitrogens with zero attached hydrogens (tertiary/aromatic N) is 1. The van der Waals surface area contributed by atoms with Crippen LogP contribution in [0.2, 0.25) is 0 Å². The molecule has 1 heterocycles. The summed E-state index contributed by atoms with van der Waals surface area (Å²) in [5.41, 5.74) is 2.87. The number of carbonyl (C=O) groups is 1. The van der Waals surface area contributed by atoms with Gasteiger partial charge in [-0.05, 0) is 37.3 Å². The number of carbonyl (C=O) groups excluding carboxylic acids is 1. The minimum Gasteiger partial charge on any atom is -0.492 e. The first-order valence-electron chi connectivity index (χ1n) is 8.99. The molecule has 1 N–H and O–H groups in total. The van der Waals surface area contributed by atoms with E-state index in [-0.39, 0.29) is 5.91 Å². The van der Waals surface area contributed by atoms with Gasteiger partial charge in [0.05, 0.1) is 31.7 Å². The molecule has 1 aliphatic heterocycles. The zero-order valence-electron chi connectivity index (χ0n) is 14.8. The fourth-order valence-electron chi connectivity index (χ4n) is 3.75. The van der Waals surface area contributed by atoms with Crippen LogP contribution < -0.4 is 15.0 Å². The topological polar surface area (TPSA) is 50.8 Å². The fourth-order valence-corrected chi connectivity index (χ4v) is 3.75. The molecule has 0 unspecified atom stereocenters. The van der Waals surface area contributed by atoms with Crippen LogP contribution in [-0.2, 0) is 9.53 Å². The standard InChI is InChI=1S/C19H28N2O3/c1-14-7-8-16(21-9-11-24-12-10-21)19(23-2)18(14)20-17(22)13-15-5-3-4-6-15/h7-8,15H,3-6,9-13H2,1-2H3,(H,20,22). The number of amides is 1. The van der Waals surface area contributed by atoms with Gasteiger partial charge in [-0.1, -0.05) is 18.9 Å². The Kier molecular flexibility index (Phi) is 5.61. The van der Waals surface area contributed by atoms with Crippen molar-refractivity contribution in [3.05, 3.63) is 17.7 Å². The third kappa shape index (κ3) is 3.83. The maximum absolute atomic E-state index is 12.5. The molecule has 0 aromatic heterocycles. The maximum Gasteiger partial charge on any atom is 0.224 e. The van der Waals surface area contributed by atoms with Crippen LogP contribution in [-0.4, -0.2) is 39.3 Å². The van der Waals surface area contributed by atoms with E-state index in [1.807, 2.05) is 6.92 Å². The average molecular weight is 332 g/mol. The van der Waals surface area contributed by atoms with E-state index in [9.17, 15) is 4.79 Å². The number of ether oxygens (including phenoxy) is 2. The number of hydrogen-bond donors (Lipinski definition) is 1. The summed E-state index contributed by atoms with van der Waals surface area (Å²) in [5.74, 6) is 1.40. The van der Waals surface area contributed by atoms with E-state index in [0.29, 0.717) is 12.3 Å². The van der Waals surface area contributed by atoms with Crippen molar-refractivity contribution in [2.45, 2.75) is 39.0 Å². The van der Waals surface area contributed by atoms with E-state index >= 15 is 0 Å². The molecule has 1 aromatic rings. The molecule has 3 rings (SSSR count). The molecule has 1 aliphatic carbocycles. The first kappa shape index (κ1) is 17.1. The third-order valence-electron chi connectivity index (χ3n) is 5.11. The predicted octanol–water partition coefficient (Wildman–Crippen LogP) is 3.36. The summed E-state index contributed by atoms with van der Waals surface area (Å²) >= 11 is 0. The largest absolute Gasteiger partial charge is 0.492 e. The van der Waals surface area contributed by atoms with Gasteiger partial charge in [0, 0.05) is 19.5 Å². The van der Waals surface area contributed by atoms with Crippen LogP contribution in [0.1, 0.15) is 37.7 Å². The molecule has 1 aromatic carbocycles. The Bertz CT molecular complexity index is 576. The summed E-state index contributed by atoms with van der Waals surface area (Å²) in [6.45, 7) is 5.14. The van der Waals surface area contributed by atoms with Gasteiger partial charge >= 0.3 is 0 Å². The first-order chi connectivity index (χ1) is 11.7. The van der Waals surface area contributed by atoms with Crippen LogP contribution in [0, 0.1) is 12.8 Å². The van der Waals surface area contributed by atoms with Crippen LogP contribution in [0.3, 0.4) is 0 Å². The van der Waals surface area contributed by atoms with Crippen molar-refractivity contribution >= 4 is 17.3 Å². The van der Waals surface area contributed by atoms with Gasteiger partial charge in [0.25, 0.3) is 0 Å². The molecule has 1 saturated carbocycles. The zero-order chi connectivity index (χ0) is 16.9. The van der Waals surface area contributed by atoms with Crippen LogP contribution in [0.25, 0.3) is 0 Å². The van der Waals surface area contributed by atoms with E-state index in [0.717, 1.165) is 49.0 Å². The second-order valence-electron chi connectivity index (χ2n) is 6.81. The lowest BCUT2D eigenvalue weighted by molar-refractivity contribution is -0.117. The average Bonchev–Trinajstić information content (AvgIpc) is 3.10. The summed E-state index contributed by atoms with van der Waals surface area (Å²) in [6, 6.07) is 4.13. The summed E-state index contributed by atoms with van der Waals surface area (Å²) in [7, 11) is 1.67. The number of aryl methyl sites for hydroxylation is 1. The minimum atomic E-state index is 0.0995. The van der Waals surface area contributed by atoms with Crippen LogP contribution in [0.4, 0.5) is 11.4 Å². The van der Waals surface area contributed by atoms with Crippen LogP contribution in [0.5, 0.6) is 5.75 Å². The number of anilines is 2. The highest BCUT2D eigenvalue weighted by Crippen LogP contribution is 2.39. The molecule has 0 spiro atoms. The van der Waals surface area contributed by atoms with Gasteiger partial charge in [-0.2, -0.15) is 0 Å². The Labute approximate surface area is 144 Å². The minimum absolute atomic E-state index is 0.0995. The van der Waals surface area contributed by atoms with Crippen molar-refractivity contribution in [1.82, 2.24) is 0 Å². The number of morpholine rings is 1. The number of methoxy groups -OCH3 is 1. The molecule has 2 fully saturated rings. The van der Waals surface area contributed by atoms with Crippen molar-refractivity contribution in [2.24, 2.45) is 5.92 Å². The van der Waals surface area contributed by atoms with Gasteiger partial charge < -0.3 is 19.7 Å². The summed E-state index contributed by atoms with van der Waals surface area (Å²) in [6.07, 6.45) is 5.48. The van der Waals surface area contributed by atoms with Crippen molar-refractivity contribution < 1.29 is 14.3 Å². The normalized spacial score (nSPS) is 18.7. The highest BCUT2D eigenvalue weighted by Gasteiger charge is 2.22. The lowest BCUT2D eigenvalue weighted by Gasteiger charge is -2.31. The summed E-state index contributed by atoms with van der Waals surface area (Å²) < 4.78 is 11.1. The van der Waals surface area contributed by atoms with Crippen molar-refractivity contribution in [2.75, 3.05) is 43.6 Å². The summed E-state index contributed by atoms with van der Waals surface area (Å²) in [4.78, 5) is 14.7. The fraction of sp³-hybridized carbons (Fsp3) is 0.632. The van der Waals surface area contributed by atoms with Crippen molar-refractivity contribution in [1.29, 1.82) is 0 Å². The Morgan fingerprint density at radius 2 is 2.00 bits per heavy atom. The molecule has 5 nitrogen and oxygen atoms in total. The molecule has 0 bridgehead atoms. The Balaban J connectivity index is 1.78. The monoisotopic (exact) mass is 332 g/mol. The SMILES string of the molecule is COc1c(N2CCOCC2)ccc(C)c1NC(=O)CC1CCCC1. The number of hydrogen-bond acceptors (Lipinski definition) is 4. The molecule has 0 atom stereocenters. The van der Waals surface area contributed by atoms with E-state index in [1.165, 1.54) is 25.7 Å². The summed E-state index contributed by atoms with van der Waals surface area (Å²) in [5, 5.41) is 3.11. The van der Waals surface area contributed by atoms with E-state index in [1.54, 1.807) is 7.11 Å². The molecule has 1 saturated heterocycles. The first-order valence-corrected chi connectivity index (χ1v) is 8.99. The van der Waals surface area contributed by atoms with Gasteiger partial charge in [-0.25, -0.2) is 0 Å². The Morgan fingerprint density at radius 1 is 1.29 bits per heavy atom. The molecular weight excluding hydrogens is 304 g/mol. The number of nitrogens with one attached hydrogen (secondary N) is 1. The van der Waals surface area contributed by atoms with Gasteiger partial charge in [0.1, 0.15) is 0 Å². The Hall–Kier alpha value is -1.75. The molecule has 1 amide bonds.